The van der Waals surface area contributed by atoms with Crippen LogP contribution in [-0.4, -0.2) is 24.9 Å². The third-order valence-corrected chi connectivity index (χ3v) is 8.35. The summed E-state index contributed by atoms with van der Waals surface area (Å²) in [5.41, 5.74) is 1.89. The number of hydrogen-bond acceptors (Lipinski definition) is 3. The summed E-state index contributed by atoms with van der Waals surface area (Å²) in [4.78, 5) is 0.292. The Bertz CT molecular complexity index is 950. The van der Waals surface area contributed by atoms with Crippen molar-refractivity contribution in [2.75, 3.05) is 0 Å². The van der Waals surface area contributed by atoms with Crippen molar-refractivity contribution in [2.45, 2.75) is 68.7 Å². The van der Waals surface area contributed by atoms with Gasteiger partial charge in [0.25, 0.3) is 0 Å². The predicted molar refractivity (Wildman–Crippen MR) is 119 cm³/mol. The first-order valence-electron chi connectivity index (χ1n) is 10.9. The van der Waals surface area contributed by atoms with Crippen LogP contribution in [0, 0.1) is 12.8 Å². The fraction of sp³-hybridized carbons (Fsp3) is 0.440. The maximum atomic E-state index is 13.7. The van der Waals surface area contributed by atoms with Gasteiger partial charge in [0, 0.05) is 6.04 Å². The molecule has 0 amide bonds. The molecule has 1 aliphatic heterocycles. The van der Waals surface area contributed by atoms with Crippen LogP contribution in [0.2, 0.25) is 0 Å². The molecule has 30 heavy (non-hydrogen) atoms. The van der Waals surface area contributed by atoms with Crippen molar-refractivity contribution in [3.05, 3.63) is 78.4 Å². The first-order chi connectivity index (χ1) is 14.5. The maximum Gasteiger partial charge on any atom is 0.246 e. The Kier molecular flexibility index (Phi) is 6.42. The van der Waals surface area contributed by atoms with E-state index >= 15 is 0 Å². The van der Waals surface area contributed by atoms with Crippen LogP contribution in [0.5, 0.6) is 0 Å². The lowest BCUT2D eigenvalue weighted by molar-refractivity contribution is -0.146. The molecule has 0 bridgehead atoms. The van der Waals surface area contributed by atoms with Gasteiger partial charge in [-0.2, -0.15) is 4.31 Å². The van der Waals surface area contributed by atoms with E-state index in [9.17, 15) is 8.42 Å². The van der Waals surface area contributed by atoms with Gasteiger partial charge in [-0.3, -0.25) is 0 Å². The highest BCUT2D eigenvalue weighted by Gasteiger charge is 2.45. The van der Waals surface area contributed by atoms with E-state index in [0.29, 0.717) is 17.2 Å². The number of rotatable bonds is 5. The molecule has 2 fully saturated rings. The van der Waals surface area contributed by atoms with Crippen molar-refractivity contribution in [2.24, 2.45) is 5.92 Å². The number of benzene rings is 2. The van der Waals surface area contributed by atoms with Crippen LogP contribution in [0.25, 0.3) is 0 Å². The average Bonchev–Trinajstić information content (AvgIpc) is 2.79. The number of hydrogen-bond donors (Lipinski definition) is 0. The third-order valence-electron chi connectivity index (χ3n) is 6.46. The zero-order chi connectivity index (χ0) is 21.1. The summed E-state index contributed by atoms with van der Waals surface area (Å²) in [6.07, 6.45) is 7.87. The van der Waals surface area contributed by atoms with E-state index in [1.807, 2.05) is 49.4 Å². The first kappa shape index (κ1) is 21.3. The lowest BCUT2D eigenvalue weighted by Gasteiger charge is -2.46. The second kappa shape index (κ2) is 9.04. The molecular formula is C25H31NO3S. The monoisotopic (exact) mass is 425 g/mol. The lowest BCUT2D eigenvalue weighted by Crippen LogP contribution is -2.51. The zero-order valence-corrected chi connectivity index (χ0v) is 18.4. The highest BCUT2D eigenvalue weighted by molar-refractivity contribution is 7.89. The molecule has 1 saturated heterocycles. The van der Waals surface area contributed by atoms with Crippen molar-refractivity contribution < 1.29 is 13.2 Å². The Morgan fingerprint density at radius 3 is 2.30 bits per heavy atom. The van der Waals surface area contributed by atoms with E-state index < -0.39 is 16.3 Å². The van der Waals surface area contributed by atoms with Gasteiger partial charge >= 0.3 is 0 Å². The van der Waals surface area contributed by atoms with E-state index in [-0.39, 0.29) is 12.1 Å². The molecule has 160 valence electrons. The van der Waals surface area contributed by atoms with Crippen molar-refractivity contribution in [3.63, 3.8) is 0 Å². The van der Waals surface area contributed by atoms with Gasteiger partial charge in [0.05, 0.1) is 11.0 Å². The van der Waals surface area contributed by atoms with Crippen LogP contribution in [0.15, 0.2) is 72.1 Å². The number of aryl methyl sites for hydroxylation is 1. The first-order valence-corrected chi connectivity index (χ1v) is 12.4. The quantitative estimate of drug-likeness (QED) is 0.585. The van der Waals surface area contributed by atoms with E-state index in [4.69, 9.17) is 4.74 Å². The van der Waals surface area contributed by atoms with E-state index in [1.165, 1.54) is 23.6 Å². The Morgan fingerprint density at radius 1 is 1.00 bits per heavy atom. The second-order valence-corrected chi connectivity index (χ2v) is 10.4. The smallest absolute Gasteiger partial charge is 0.246 e. The Hall–Kier alpha value is -1.95. The lowest BCUT2D eigenvalue weighted by atomic mass is 9.82. The van der Waals surface area contributed by atoms with Crippen molar-refractivity contribution in [1.29, 1.82) is 0 Å². The molecule has 5 heteroatoms. The summed E-state index contributed by atoms with van der Waals surface area (Å²) in [5, 5.41) is 0. The minimum atomic E-state index is -3.75. The molecule has 1 saturated carbocycles. The van der Waals surface area contributed by atoms with Gasteiger partial charge in [0.15, 0.2) is 6.23 Å². The largest absolute Gasteiger partial charge is 0.354 e. The minimum absolute atomic E-state index is 0.0444. The molecule has 0 radical (unpaired) electrons. The molecule has 3 unspecified atom stereocenters. The van der Waals surface area contributed by atoms with Gasteiger partial charge in [0.2, 0.25) is 10.0 Å². The molecule has 2 aromatic rings. The van der Waals surface area contributed by atoms with Gasteiger partial charge in [-0.1, -0.05) is 73.4 Å². The number of ether oxygens (including phenoxy) is 1. The standard InChI is InChI=1S/C25H31NO3S/c1-3-22-18-24(20-10-6-4-7-11-20)29-25(21-12-8-5-9-13-21)26(22)30(27,28)23-16-14-19(2)15-17-23/h3,5,8-9,12-17,20,22,24-25H,1,4,6-7,10-11,18H2,2H3. The van der Waals surface area contributed by atoms with Gasteiger partial charge in [0.1, 0.15) is 0 Å². The molecule has 0 spiro atoms. The summed E-state index contributed by atoms with van der Waals surface area (Å²) in [6.45, 7) is 5.95. The molecule has 2 aliphatic rings. The van der Waals surface area contributed by atoms with Gasteiger partial charge in [-0.05, 0) is 49.8 Å². The molecule has 1 aliphatic carbocycles. The molecule has 1 heterocycles. The summed E-state index contributed by atoms with van der Waals surface area (Å²) >= 11 is 0. The van der Waals surface area contributed by atoms with Crippen LogP contribution in [0.4, 0.5) is 0 Å². The molecular weight excluding hydrogens is 394 g/mol. The Balaban J connectivity index is 1.74. The Morgan fingerprint density at radius 2 is 1.67 bits per heavy atom. The fourth-order valence-electron chi connectivity index (χ4n) is 4.79. The minimum Gasteiger partial charge on any atom is -0.354 e. The van der Waals surface area contributed by atoms with Gasteiger partial charge < -0.3 is 4.74 Å². The van der Waals surface area contributed by atoms with Crippen LogP contribution in [-0.2, 0) is 14.8 Å². The SMILES string of the molecule is C=CC1CC(C2CCCCC2)OC(c2ccccc2)N1S(=O)(=O)c1ccc(C)cc1. The van der Waals surface area contributed by atoms with Crippen LogP contribution < -0.4 is 0 Å². The highest BCUT2D eigenvalue weighted by atomic mass is 32.2. The predicted octanol–water partition coefficient (Wildman–Crippen LogP) is 5.61. The van der Waals surface area contributed by atoms with E-state index in [1.54, 1.807) is 18.2 Å². The summed E-state index contributed by atoms with van der Waals surface area (Å²) in [6, 6.07) is 16.4. The zero-order valence-electron chi connectivity index (χ0n) is 17.6. The molecule has 0 N–H and O–H groups in total. The summed E-state index contributed by atoms with van der Waals surface area (Å²) in [5.74, 6) is 0.483. The van der Waals surface area contributed by atoms with Crippen molar-refractivity contribution in [3.8, 4) is 0 Å². The van der Waals surface area contributed by atoms with Crippen molar-refractivity contribution >= 4 is 10.0 Å². The summed E-state index contributed by atoms with van der Waals surface area (Å²) in [7, 11) is -3.75. The van der Waals surface area contributed by atoms with Gasteiger partial charge in [-0.25, -0.2) is 8.42 Å². The molecule has 0 aromatic heterocycles. The van der Waals surface area contributed by atoms with Gasteiger partial charge in [-0.15, -0.1) is 6.58 Å². The normalized spacial score (nSPS) is 26.4. The number of sulfonamides is 1. The third kappa shape index (κ3) is 4.25. The molecule has 4 nitrogen and oxygen atoms in total. The van der Waals surface area contributed by atoms with E-state index in [0.717, 1.165) is 24.0 Å². The van der Waals surface area contributed by atoms with Crippen LogP contribution in [0.3, 0.4) is 0 Å². The maximum absolute atomic E-state index is 13.7. The van der Waals surface area contributed by atoms with Crippen LogP contribution in [0.1, 0.15) is 55.9 Å². The summed E-state index contributed by atoms with van der Waals surface area (Å²) < 4.78 is 35.6. The Labute approximate surface area is 180 Å². The van der Waals surface area contributed by atoms with Crippen molar-refractivity contribution in [1.82, 2.24) is 4.31 Å². The van der Waals surface area contributed by atoms with Crippen LogP contribution >= 0.6 is 0 Å². The highest BCUT2D eigenvalue weighted by Crippen LogP contribution is 2.42. The molecule has 3 atom stereocenters. The topological polar surface area (TPSA) is 46.6 Å². The number of nitrogens with zero attached hydrogens (tertiary/aromatic N) is 1. The fourth-order valence-corrected chi connectivity index (χ4v) is 6.46. The molecule has 4 rings (SSSR count). The van der Waals surface area contributed by atoms with E-state index in [2.05, 4.69) is 6.58 Å². The average molecular weight is 426 g/mol. The second-order valence-electron chi connectivity index (χ2n) is 8.52. The molecule has 2 aromatic carbocycles.